The second-order valence-corrected chi connectivity index (χ2v) is 4.67. The molecule has 0 saturated carbocycles. The number of rotatable bonds is 6. The highest BCUT2D eigenvalue weighted by Gasteiger charge is 2.12. The van der Waals surface area contributed by atoms with Gasteiger partial charge in [0.1, 0.15) is 19.0 Å². The van der Waals surface area contributed by atoms with Gasteiger partial charge in [0.25, 0.3) is 0 Å². The minimum Gasteiger partial charge on any atom is -0.486 e. The van der Waals surface area contributed by atoms with Crippen LogP contribution in [0.4, 0.5) is 17.5 Å². The monoisotopic (exact) mass is 302 g/mol. The predicted octanol–water partition coefficient (Wildman–Crippen LogP) is 2.05. The second kappa shape index (κ2) is 6.95. The Bertz CT molecular complexity index is 636. The Morgan fingerprint density at radius 2 is 2.05 bits per heavy atom. The molecule has 0 aliphatic carbocycles. The van der Waals surface area contributed by atoms with Crippen LogP contribution in [0.1, 0.15) is 0 Å². The molecule has 22 heavy (non-hydrogen) atoms. The van der Waals surface area contributed by atoms with Crippen molar-refractivity contribution in [1.29, 1.82) is 0 Å². The average molecular weight is 302 g/mol. The number of methoxy groups -OCH3 is 1. The molecule has 0 saturated heterocycles. The summed E-state index contributed by atoms with van der Waals surface area (Å²) in [6, 6.07) is 7.47. The van der Waals surface area contributed by atoms with Crippen molar-refractivity contribution >= 4 is 17.5 Å². The van der Waals surface area contributed by atoms with Crippen molar-refractivity contribution in [2.75, 3.05) is 44.1 Å². The van der Waals surface area contributed by atoms with E-state index in [0.717, 1.165) is 23.0 Å². The van der Waals surface area contributed by atoms with E-state index in [1.807, 2.05) is 24.3 Å². The summed E-state index contributed by atoms with van der Waals surface area (Å²) >= 11 is 0. The van der Waals surface area contributed by atoms with E-state index in [9.17, 15) is 0 Å². The van der Waals surface area contributed by atoms with Crippen LogP contribution in [0.3, 0.4) is 0 Å². The van der Waals surface area contributed by atoms with Crippen molar-refractivity contribution in [3.05, 3.63) is 30.5 Å². The van der Waals surface area contributed by atoms with E-state index in [4.69, 9.17) is 14.2 Å². The van der Waals surface area contributed by atoms with Crippen molar-refractivity contribution in [2.45, 2.75) is 0 Å². The molecule has 0 unspecified atom stereocenters. The maximum absolute atomic E-state index is 5.56. The smallest absolute Gasteiger partial charge is 0.229 e. The molecule has 0 fully saturated rings. The zero-order chi connectivity index (χ0) is 15.2. The zero-order valence-corrected chi connectivity index (χ0v) is 12.3. The molecular weight excluding hydrogens is 284 g/mol. The number of ether oxygens (including phenoxy) is 3. The summed E-state index contributed by atoms with van der Waals surface area (Å²) in [7, 11) is 1.66. The number of benzene rings is 1. The summed E-state index contributed by atoms with van der Waals surface area (Å²) < 4.78 is 16.1. The van der Waals surface area contributed by atoms with Crippen molar-refractivity contribution in [1.82, 2.24) is 9.97 Å². The lowest BCUT2D eigenvalue weighted by atomic mass is 10.2. The molecule has 7 heteroatoms. The van der Waals surface area contributed by atoms with Crippen LogP contribution in [0.15, 0.2) is 30.5 Å². The highest BCUT2D eigenvalue weighted by Crippen LogP contribution is 2.33. The largest absolute Gasteiger partial charge is 0.486 e. The lowest BCUT2D eigenvalue weighted by Crippen LogP contribution is -2.15. The summed E-state index contributed by atoms with van der Waals surface area (Å²) in [5.41, 5.74) is 0.846. The third-order valence-corrected chi connectivity index (χ3v) is 3.07. The van der Waals surface area contributed by atoms with E-state index in [2.05, 4.69) is 20.6 Å². The lowest BCUT2D eigenvalue weighted by Gasteiger charge is -2.19. The summed E-state index contributed by atoms with van der Waals surface area (Å²) in [4.78, 5) is 8.60. The van der Waals surface area contributed by atoms with Crippen LogP contribution in [-0.4, -0.2) is 43.4 Å². The minimum absolute atomic E-state index is 0.513. The number of nitrogens with zero attached hydrogens (tertiary/aromatic N) is 2. The van der Waals surface area contributed by atoms with Gasteiger partial charge in [0, 0.05) is 31.6 Å². The van der Waals surface area contributed by atoms with Crippen LogP contribution in [0.25, 0.3) is 0 Å². The van der Waals surface area contributed by atoms with Crippen molar-refractivity contribution < 1.29 is 14.2 Å². The van der Waals surface area contributed by atoms with E-state index in [-0.39, 0.29) is 0 Å². The van der Waals surface area contributed by atoms with Crippen molar-refractivity contribution in [3.8, 4) is 11.5 Å². The molecule has 0 atom stereocenters. The Hall–Kier alpha value is -2.54. The molecule has 7 nitrogen and oxygen atoms in total. The number of aromatic nitrogens is 2. The molecule has 1 aromatic heterocycles. The van der Waals surface area contributed by atoms with E-state index in [1.165, 1.54) is 0 Å². The van der Waals surface area contributed by atoms with Gasteiger partial charge in [-0.1, -0.05) is 0 Å². The van der Waals surface area contributed by atoms with Crippen molar-refractivity contribution in [3.63, 3.8) is 0 Å². The quantitative estimate of drug-likeness (QED) is 0.791. The third kappa shape index (κ3) is 3.56. The Morgan fingerprint density at radius 3 is 2.91 bits per heavy atom. The number of nitrogens with one attached hydrogen (secondary N) is 2. The van der Waals surface area contributed by atoms with E-state index < -0.39 is 0 Å². The van der Waals surface area contributed by atoms with Gasteiger partial charge in [-0.05, 0) is 18.2 Å². The van der Waals surface area contributed by atoms with Crippen LogP contribution in [0.5, 0.6) is 11.5 Å². The highest BCUT2D eigenvalue weighted by atomic mass is 16.6. The molecule has 0 amide bonds. The first-order chi connectivity index (χ1) is 10.8. The summed E-state index contributed by atoms with van der Waals surface area (Å²) in [5.74, 6) is 2.74. The molecule has 1 aliphatic rings. The predicted molar refractivity (Wildman–Crippen MR) is 83.1 cm³/mol. The third-order valence-electron chi connectivity index (χ3n) is 3.07. The van der Waals surface area contributed by atoms with Gasteiger partial charge in [0.2, 0.25) is 5.95 Å². The standard InChI is InChI=1S/C15H18N4O3/c1-20-7-6-16-14-4-5-17-15(19-14)18-11-2-3-12-13(10-11)22-9-8-21-12/h2-5,10H,6-9H2,1H3,(H2,16,17,18,19). The molecule has 2 heterocycles. The Kier molecular flexibility index (Phi) is 4.55. The fraction of sp³-hybridized carbons (Fsp3) is 0.333. The van der Waals surface area contributed by atoms with Gasteiger partial charge in [-0.25, -0.2) is 4.98 Å². The molecule has 116 valence electrons. The first kappa shape index (κ1) is 14.4. The van der Waals surface area contributed by atoms with Crippen LogP contribution in [0, 0.1) is 0 Å². The van der Waals surface area contributed by atoms with Gasteiger partial charge in [-0.3, -0.25) is 0 Å². The van der Waals surface area contributed by atoms with Gasteiger partial charge in [-0.2, -0.15) is 4.98 Å². The summed E-state index contributed by atoms with van der Waals surface area (Å²) in [6.45, 7) is 2.45. The maximum atomic E-state index is 5.56. The Labute approximate surface area is 128 Å². The zero-order valence-electron chi connectivity index (χ0n) is 12.3. The molecule has 3 rings (SSSR count). The molecule has 0 spiro atoms. The topological polar surface area (TPSA) is 77.5 Å². The second-order valence-electron chi connectivity index (χ2n) is 4.67. The Balaban J connectivity index is 1.68. The highest BCUT2D eigenvalue weighted by molar-refractivity contribution is 5.60. The molecule has 0 bridgehead atoms. The van der Waals surface area contributed by atoms with E-state index in [1.54, 1.807) is 13.3 Å². The summed E-state index contributed by atoms with van der Waals surface area (Å²) in [5, 5.41) is 6.32. The SMILES string of the molecule is COCCNc1ccnc(Nc2ccc3c(c2)OCCO3)n1. The molecule has 0 radical (unpaired) electrons. The van der Waals surface area contributed by atoms with Gasteiger partial charge < -0.3 is 24.8 Å². The molecule has 2 aromatic rings. The van der Waals surface area contributed by atoms with E-state index >= 15 is 0 Å². The number of anilines is 3. The van der Waals surface area contributed by atoms with Gasteiger partial charge in [-0.15, -0.1) is 0 Å². The maximum Gasteiger partial charge on any atom is 0.229 e. The molecule has 2 N–H and O–H groups in total. The number of hydrogen-bond donors (Lipinski definition) is 2. The van der Waals surface area contributed by atoms with Crippen LogP contribution in [-0.2, 0) is 4.74 Å². The lowest BCUT2D eigenvalue weighted by molar-refractivity contribution is 0.171. The molecule has 1 aromatic carbocycles. The van der Waals surface area contributed by atoms with Crippen LogP contribution in [0.2, 0.25) is 0 Å². The first-order valence-corrected chi connectivity index (χ1v) is 7.08. The fourth-order valence-corrected chi connectivity index (χ4v) is 2.05. The van der Waals surface area contributed by atoms with E-state index in [0.29, 0.717) is 32.3 Å². The fourth-order valence-electron chi connectivity index (χ4n) is 2.05. The molecule has 1 aliphatic heterocycles. The average Bonchev–Trinajstić information content (AvgIpc) is 2.55. The van der Waals surface area contributed by atoms with Gasteiger partial charge in [0.05, 0.1) is 6.61 Å². The number of fused-ring (bicyclic) bond motifs is 1. The molecular formula is C15H18N4O3. The summed E-state index contributed by atoms with van der Waals surface area (Å²) in [6.07, 6.45) is 1.70. The Morgan fingerprint density at radius 1 is 1.18 bits per heavy atom. The first-order valence-electron chi connectivity index (χ1n) is 7.08. The minimum atomic E-state index is 0.513. The van der Waals surface area contributed by atoms with Crippen LogP contribution < -0.4 is 20.1 Å². The number of hydrogen-bond acceptors (Lipinski definition) is 7. The van der Waals surface area contributed by atoms with Crippen LogP contribution >= 0.6 is 0 Å². The normalized spacial score (nSPS) is 12.8. The van der Waals surface area contributed by atoms with Gasteiger partial charge >= 0.3 is 0 Å². The van der Waals surface area contributed by atoms with Crippen molar-refractivity contribution in [2.24, 2.45) is 0 Å². The van der Waals surface area contributed by atoms with Gasteiger partial charge in [0.15, 0.2) is 11.5 Å².